The van der Waals surface area contributed by atoms with Gasteiger partial charge >= 0.3 is 11.9 Å². The number of nitrogens with zero attached hydrogens (tertiary/aromatic N) is 2. The molecule has 0 aromatic rings. The van der Waals surface area contributed by atoms with Gasteiger partial charge in [-0.25, -0.2) is 0 Å². The first-order valence-corrected chi connectivity index (χ1v) is 8.92. The van der Waals surface area contributed by atoms with Crippen LogP contribution in [0.5, 0.6) is 0 Å². The predicted octanol–water partition coefficient (Wildman–Crippen LogP) is 1.83. The standard InChI is InChI=1S/C18H38N2O4/c1-19(2,3)13-9-15-23-17(21)11-7-8-12-18(22)24-16-10-14-20(4,5)6/h7-16H2,1-6H3/q+2. The van der Waals surface area contributed by atoms with Crippen molar-refractivity contribution in [3.63, 3.8) is 0 Å². The Hall–Kier alpha value is -1.14. The molecule has 0 spiro atoms. The van der Waals surface area contributed by atoms with E-state index < -0.39 is 0 Å². The van der Waals surface area contributed by atoms with Crippen LogP contribution in [0.25, 0.3) is 0 Å². The fourth-order valence-electron chi connectivity index (χ4n) is 2.13. The van der Waals surface area contributed by atoms with Gasteiger partial charge in [0.2, 0.25) is 0 Å². The number of ether oxygens (including phenoxy) is 2. The molecule has 142 valence electrons. The third kappa shape index (κ3) is 17.2. The zero-order chi connectivity index (χ0) is 18.6. The summed E-state index contributed by atoms with van der Waals surface area (Å²) in [6.07, 6.45) is 3.83. The Balaban J connectivity index is 3.50. The lowest BCUT2D eigenvalue weighted by molar-refractivity contribution is -0.870. The van der Waals surface area contributed by atoms with Gasteiger partial charge in [0.25, 0.3) is 0 Å². The van der Waals surface area contributed by atoms with Crippen LogP contribution < -0.4 is 0 Å². The highest BCUT2D eigenvalue weighted by Gasteiger charge is 2.10. The molecule has 24 heavy (non-hydrogen) atoms. The number of esters is 2. The lowest BCUT2D eigenvalue weighted by Crippen LogP contribution is -2.35. The molecule has 0 bridgehead atoms. The van der Waals surface area contributed by atoms with E-state index in [4.69, 9.17) is 9.47 Å². The first kappa shape index (κ1) is 22.9. The SMILES string of the molecule is C[N+](C)(C)CCCOC(=O)CCCCC(=O)OCCC[N+](C)(C)C. The summed E-state index contributed by atoms with van der Waals surface area (Å²) >= 11 is 0. The van der Waals surface area contributed by atoms with E-state index in [-0.39, 0.29) is 11.9 Å². The van der Waals surface area contributed by atoms with Crippen LogP contribution in [0.3, 0.4) is 0 Å². The Morgan fingerprint density at radius 1 is 0.625 bits per heavy atom. The van der Waals surface area contributed by atoms with Crippen LogP contribution >= 0.6 is 0 Å². The zero-order valence-electron chi connectivity index (χ0n) is 16.6. The number of quaternary nitrogens is 2. The molecule has 0 aliphatic carbocycles. The van der Waals surface area contributed by atoms with E-state index in [1.54, 1.807) is 0 Å². The summed E-state index contributed by atoms with van der Waals surface area (Å²) in [7, 11) is 12.7. The van der Waals surface area contributed by atoms with Gasteiger partial charge in [0.15, 0.2) is 0 Å². The average molecular weight is 347 g/mol. The Bertz CT molecular complexity index is 334. The largest absolute Gasteiger partial charge is 0.465 e. The molecule has 0 aliphatic rings. The van der Waals surface area contributed by atoms with Gasteiger partial charge in [-0.3, -0.25) is 9.59 Å². The molecule has 0 amide bonds. The van der Waals surface area contributed by atoms with E-state index >= 15 is 0 Å². The van der Waals surface area contributed by atoms with E-state index in [1.807, 2.05) is 0 Å². The van der Waals surface area contributed by atoms with Crippen LogP contribution in [0.4, 0.5) is 0 Å². The van der Waals surface area contributed by atoms with Crippen LogP contribution in [-0.2, 0) is 19.1 Å². The molecular formula is C18H38N2O4+2. The number of hydrogen-bond donors (Lipinski definition) is 0. The van der Waals surface area contributed by atoms with Crippen molar-refractivity contribution in [1.82, 2.24) is 0 Å². The average Bonchev–Trinajstić information content (AvgIpc) is 2.42. The molecule has 0 saturated carbocycles. The summed E-state index contributed by atoms with van der Waals surface area (Å²) < 4.78 is 12.1. The second kappa shape index (κ2) is 11.4. The van der Waals surface area contributed by atoms with Crippen molar-refractivity contribution < 1.29 is 28.0 Å². The van der Waals surface area contributed by atoms with Crippen molar-refractivity contribution in [3.05, 3.63) is 0 Å². The molecule has 0 N–H and O–H groups in total. The maximum absolute atomic E-state index is 11.6. The third-order valence-electron chi connectivity index (χ3n) is 3.48. The molecule has 6 heteroatoms. The topological polar surface area (TPSA) is 52.6 Å². The highest BCUT2D eigenvalue weighted by molar-refractivity contribution is 5.70. The minimum Gasteiger partial charge on any atom is -0.465 e. The fraction of sp³-hybridized carbons (Fsp3) is 0.889. The first-order chi connectivity index (χ1) is 11.0. The molecule has 0 aromatic carbocycles. The molecule has 6 nitrogen and oxygen atoms in total. The quantitative estimate of drug-likeness (QED) is 0.290. The van der Waals surface area contributed by atoms with Gasteiger partial charge in [-0.1, -0.05) is 0 Å². The van der Waals surface area contributed by atoms with Crippen molar-refractivity contribution in [3.8, 4) is 0 Å². The minimum absolute atomic E-state index is 0.173. The Morgan fingerprint density at radius 3 is 1.25 bits per heavy atom. The van der Waals surface area contributed by atoms with Crippen molar-refractivity contribution in [1.29, 1.82) is 0 Å². The van der Waals surface area contributed by atoms with Crippen LogP contribution in [-0.4, -0.2) is 89.5 Å². The number of unbranched alkanes of at least 4 members (excludes halogenated alkanes) is 1. The second-order valence-corrected chi connectivity index (χ2v) is 8.38. The highest BCUT2D eigenvalue weighted by Crippen LogP contribution is 2.04. The van der Waals surface area contributed by atoms with E-state index in [0.29, 0.717) is 38.9 Å². The third-order valence-corrected chi connectivity index (χ3v) is 3.48. The predicted molar refractivity (Wildman–Crippen MR) is 95.4 cm³/mol. The smallest absolute Gasteiger partial charge is 0.305 e. The fourth-order valence-corrected chi connectivity index (χ4v) is 2.13. The van der Waals surface area contributed by atoms with Crippen molar-refractivity contribution >= 4 is 11.9 Å². The molecular weight excluding hydrogens is 308 g/mol. The van der Waals surface area contributed by atoms with Gasteiger partial charge in [-0.05, 0) is 12.8 Å². The van der Waals surface area contributed by atoms with Crippen molar-refractivity contribution in [2.24, 2.45) is 0 Å². The normalized spacial score (nSPS) is 12.1. The summed E-state index contributed by atoms with van der Waals surface area (Å²) in [6, 6.07) is 0. The van der Waals surface area contributed by atoms with Gasteiger partial charge in [-0.15, -0.1) is 0 Å². The molecule has 0 rings (SSSR count). The van der Waals surface area contributed by atoms with Crippen LogP contribution in [0.2, 0.25) is 0 Å². The van der Waals surface area contributed by atoms with E-state index in [1.165, 1.54) is 0 Å². The maximum Gasteiger partial charge on any atom is 0.305 e. The molecule has 0 unspecified atom stereocenters. The number of rotatable bonds is 13. The number of carbonyl (C=O) groups is 2. The molecule has 0 aliphatic heterocycles. The zero-order valence-corrected chi connectivity index (χ0v) is 16.6. The summed E-state index contributed by atoms with van der Waals surface area (Å²) in [4.78, 5) is 23.1. The Morgan fingerprint density at radius 2 is 0.958 bits per heavy atom. The summed E-state index contributed by atoms with van der Waals surface area (Å²) in [5.41, 5.74) is 0. The monoisotopic (exact) mass is 346 g/mol. The molecule has 0 radical (unpaired) electrons. The van der Waals surface area contributed by atoms with Crippen LogP contribution in [0, 0.1) is 0 Å². The summed E-state index contributed by atoms with van der Waals surface area (Å²) in [5.74, 6) is -0.347. The van der Waals surface area contributed by atoms with Crippen molar-refractivity contribution in [2.75, 3.05) is 68.6 Å². The van der Waals surface area contributed by atoms with Crippen LogP contribution in [0.1, 0.15) is 38.5 Å². The lowest BCUT2D eigenvalue weighted by atomic mass is 10.2. The van der Waals surface area contributed by atoms with Crippen LogP contribution in [0.15, 0.2) is 0 Å². The van der Waals surface area contributed by atoms with Crippen molar-refractivity contribution in [2.45, 2.75) is 38.5 Å². The molecule has 0 fully saturated rings. The number of hydrogen-bond acceptors (Lipinski definition) is 4. The molecule has 0 saturated heterocycles. The Labute approximate surface area is 147 Å². The van der Waals surface area contributed by atoms with Gasteiger partial charge in [0.1, 0.15) is 0 Å². The van der Waals surface area contributed by atoms with Gasteiger partial charge < -0.3 is 18.4 Å². The highest BCUT2D eigenvalue weighted by atomic mass is 16.5. The summed E-state index contributed by atoms with van der Waals surface area (Å²) in [5, 5.41) is 0. The molecule has 0 heterocycles. The minimum atomic E-state index is -0.173. The van der Waals surface area contributed by atoms with E-state index in [2.05, 4.69) is 42.3 Å². The number of carbonyl (C=O) groups excluding carboxylic acids is 2. The van der Waals surface area contributed by atoms with Gasteiger partial charge in [0, 0.05) is 25.7 Å². The Kier molecular flexibility index (Phi) is 10.9. The molecule has 0 atom stereocenters. The summed E-state index contributed by atoms with van der Waals surface area (Å²) in [6.45, 7) is 2.91. The second-order valence-electron chi connectivity index (χ2n) is 8.38. The molecule has 0 aromatic heterocycles. The maximum atomic E-state index is 11.6. The lowest BCUT2D eigenvalue weighted by Gasteiger charge is -2.23. The van der Waals surface area contributed by atoms with Gasteiger partial charge in [0.05, 0.1) is 68.6 Å². The first-order valence-electron chi connectivity index (χ1n) is 8.92. The van der Waals surface area contributed by atoms with E-state index in [9.17, 15) is 9.59 Å². The van der Waals surface area contributed by atoms with Gasteiger partial charge in [-0.2, -0.15) is 0 Å². The van der Waals surface area contributed by atoms with E-state index in [0.717, 1.165) is 34.9 Å².